The van der Waals surface area contributed by atoms with Crippen LogP contribution in [0, 0.1) is 0 Å². The van der Waals surface area contributed by atoms with E-state index in [4.69, 9.17) is 0 Å². The van der Waals surface area contributed by atoms with Crippen LogP contribution in [0.3, 0.4) is 0 Å². The van der Waals surface area contributed by atoms with Gasteiger partial charge in [0.15, 0.2) is 0 Å². The quantitative estimate of drug-likeness (QED) is 0.771. The van der Waals surface area contributed by atoms with Gasteiger partial charge in [0.25, 0.3) is 0 Å². The fourth-order valence-corrected chi connectivity index (χ4v) is 1.80. The highest BCUT2D eigenvalue weighted by Crippen LogP contribution is 2.14. The highest BCUT2D eigenvalue weighted by molar-refractivity contribution is 5.97. The minimum atomic E-state index is -0.617. The van der Waals surface area contributed by atoms with Gasteiger partial charge in [-0.2, -0.15) is 0 Å². The minimum absolute atomic E-state index is 0.108. The predicted molar refractivity (Wildman–Crippen MR) is 72.5 cm³/mol. The second kappa shape index (κ2) is 4.78. The maximum Gasteiger partial charge on any atom is 0.246 e. The van der Waals surface area contributed by atoms with E-state index in [1.807, 2.05) is 45.0 Å². The molecule has 0 saturated heterocycles. The van der Waals surface area contributed by atoms with Gasteiger partial charge in [0.2, 0.25) is 11.9 Å². The number of H-pyrrole nitrogens is 1. The van der Waals surface area contributed by atoms with Crippen LogP contribution in [0.25, 0.3) is 11.0 Å². The lowest BCUT2D eigenvalue weighted by Gasteiger charge is -2.23. The Labute approximate surface area is 106 Å². The topological polar surface area (TPSA) is 69.8 Å². The van der Waals surface area contributed by atoms with Gasteiger partial charge in [0, 0.05) is 0 Å². The van der Waals surface area contributed by atoms with Crippen LogP contribution in [-0.2, 0) is 4.79 Å². The zero-order chi connectivity index (χ0) is 13.2. The smallest absolute Gasteiger partial charge is 0.246 e. The average molecular weight is 246 g/mol. The lowest BCUT2D eigenvalue weighted by molar-refractivity contribution is -0.121. The van der Waals surface area contributed by atoms with Crippen molar-refractivity contribution >= 4 is 22.9 Å². The first kappa shape index (κ1) is 12.6. The third-order valence-corrected chi connectivity index (χ3v) is 2.81. The van der Waals surface area contributed by atoms with Gasteiger partial charge < -0.3 is 10.3 Å². The molecule has 2 aromatic rings. The number of carbonyl (C=O) groups excluding carboxylic acids is 1. The summed E-state index contributed by atoms with van der Waals surface area (Å²) in [7, 11) is 0. The summed E-state index contributed by atoms with van der Waals surface area (Å²) in [6, 6.07) is 7.66. The van der Waals surface area contributed by atoms with Crippen molar-refractivity contribution in [2.24, 2.45) is 0 Å². The number of hydrogen-bond acceptors (Lipinski definition) is 3. The Morgan fingerprint density at radius 2 is 2.11 bits per heavy atom. The van der Waals surface area contributed by atoms with Gasteiger partial charge >= 0.3 is 0 Å². The van der Waals surface area contributed by atoms with Crippen LogP contribution in [0.4, 0.5) is 5.95 Å². The Morgan fingerprint density at radius 1 is 1.39 bits per heavy atom. The maximum atomic E-state index is 12.1. The van der Waals surface area contributed by atoms with Crippen LogP contribution in [0.2, 0.25) is 0 Å². The van der Waals surface area contributed by atoms with Gasteiger partial charge in [0.1, 0.15) is 0 Å². The molecule has 5 heteroatoms. The van der Waals surface area contributed by atoms with E-state index in [-0.39, 0.29) is 5.91 Å². The Hall–Kier alpha value is -1.88. The lowest BCUT2D eigenvalue weighted by atomic mass is 10.1. The van der Waals surface area contributed by atoms with Crippen LogP contribution < -0.4 is 10.6 Å². The SMILES string of the molecule is CCNC(C)(C)C(=O)Nc1nc2ccccc2[nH]1. The van der Waals surface area contributed by atoms with E-state index in [2.05, 4.69) is 20.6 Å². The number of nitrogens with one attached hydrogen (secondary N) is 3. The van der Waals surface area contributed by atoms with Gasteiger partial charge in [-0.05, 0) is 32.5 Å². The molecule has 5 nitrogen and oxygen atoms in total. The molecule has 1 aromatic carbocycles. The lowest BCUT2D eigenvalue weighted by Crippen LogP contribution is -2.49. The molecule has 0 atom stereocenters. The predicted octanol–water partition coefficient (Wildman–Crippen LogP) is 1.89. The monoisotopic (exact) mass is 246 g/mol. The first-order valence-electron chi connectivity index (χ1n) is 6.04. The largest absolute Gasteiger partial charge is 0.324 e. The van der Waals surface area contributed by atoms with Crippen LogP contribution in [0.5, 0.6) is 0 Å². The van der Waals surface area contributed by atoms with E-state index in [1.165, 1.54) is 0 Å². The number of para-hydroxylation sites is 2. The second-order valence-corrected chi connectivity index (χ2v) is 4.71. The molecule has 96 valence electrons. The summed E-state index contributed by atoms with van der Waals surface area (Å²) in [6.45, 7) is 6.39. The highest BCUT2D eigenvalue weighted by atomic mass is 16.2. The van der Waals surface area contributed by atoms with Gasteiger partial charge in [-0.25, -0.2) is 4.98 Å². The number of likely N-dealkylation sites (N-methyl/N-ethyl adjacent to an activating group) is 1. The van der Waals surface area contributed by atoms with Crippen molar-refractivity contribution in [2.75, 3.05) is 11.9 Å². The number of imidazole rings is 1. The van der Waals surface area contributed by atoms with E-state index in [0.29, 0.717) is 5.95 Å². The zero-order valence-electron chi connectivity index (χ0n) is 10.9. The molecular weight excluding hydrogens is 228 g/mol. The Balaban J connectivity index is 2.16. The van der Waals surface area contributed by atoms with Crippen molar-refractivity contribution in [3.05, 3.63) is 24.3 Å². The van der Waals surface area contributed by atoms with Crippen molar-refractivity contribution in [3.63, 3.8) is 0 Å². The van der Waals surface area contributed by atoms with Crippen LogP contribution in [-0.4, -0.2) is 28.0 Å². The third-order valence-electron chi connectivity index (χ3n) is 2.81. The molecule has 2 rings (SSSR count). The normalized spacial score (nSPS) is 11.7. The minimum Gasteiger partial charge on any atom is -0.324 e. The number of rotatable bonds is 4. The molecule has 3 N–H and O–H groups in total. The fourth-order valence-electron chi connectivity index (χ4n) is 1.80. The number of aromatic nitrogens is 2. The maximum absolute atomic E-state index is 12.1. The number of nitrogens with zero attached hydrogens (tertiary/aromatic N) is 1. The number of amides is 1. The molecule has 0 spiro atoms. The molecule has 0 saturated carbocycles. The zero-order valence-corrected chi connectivity index (χ0v) is 10.9. The van der Waals surface area contributed by atoms with Crippen LogP contribution in [0.1, 0.15) is 20.8 Å². The summed E-state index contributed by atoms with van der Waals surface area (Å²) in [6.07, 6.45) is 0. The van der Waals surface area contributed by atoms with Crippen molar-refractivity contribution < 1.29 is 4.79 Å². The molecule has 0 bridgehead atoms. The number of hydrogen-bond donors (Lipinski definition) is 3. The number of aromatic amines is 1. The summed E-state index contributed by atoms with van der Waals surface area (Å²) < 4.78 is 0. The Bertz CT molecular complexity index is 526. The molecule has 0 aliphatic heterocycles. The first-order chi connectivity index (χ1) is 8.53. The number of fused-ring (bicyclic) bond motifs is 1. The van der Waals surface area contributed by atoms with Crippen molar-refractivity contribution in [2.45, 2.75) is 26.3 Å². The summed E-state index contributed by atoms with van der Waals surface area (Å²) in [5, 5.41) is 5.91. The van der Waals surface area contributed by atoms with Crippen molar-refractivity contribution in [3.8, 4) is 0 Å². The molecular formula is C13H18N4O. The summed E-state index contributed by atoms with van der Waals surface area (Å²) >= 11 is 0. The van der Waals surface area contributed by atoms with Crippen molar-refractivity contribution in [1.29, 1.82) is 0 Å². The third kappa shape index (κ3) is 2.51. The molecule has 0 unspecified atom stereocenters. The van der Waals surface area contributed by atoms with E-state index >= 15 is 0 Å². The molecule has 0 aliphatic carbocycles. The Morgan fingerprint density at radius 3 is 2.78 bits per heavy atom. The average Bonchev–Trinajstić information content (AvgIpc) is 2.70. The molecule has 1 amide bonds. The summed E-state index contributed by atoms with van der Waals surface area (Å²) in [4.78, 5) is 19.4. The van der Waals surface area contributed by atoms with Gasteiger partial charge in [-0.15, -0.1) is 0 Å². The van der Waals surface area contributed by atoms with Gasteiger partial charge in [-0.1, -0.05) is 19.1 Å². The Kier molecular flexibility index (Phi) is 3.34. The molecule has 0 fully saturated rings. The van der Waals surface area contributed by atoms with E-state index < -0.39 is 5.54 Å². The van der Waals surface area contributed by atoms with Crippen molar-refractivity contribution in [1.82, 2.24) is 15.3 Å². The standard InChI is InChI=1S/C13H18N4O/c1-4-14-13(2,3)11(18)17-12-15-9-7-5-6-8-10(9)16-12/h5-8,14H,4H2,1-3H3,(H2,15,16,17,18). The number of benzene rings is 1. The molecule has 0 aliphatic rings. The number of anilines is 1. The molecule has 18 heavy (non-hydrogen) atoms. The summed E-state index contributed by atoms with van der Waals surface area (Å²) in [5.41, 5.74) is 1.14. The number of carbonyl (C=O) groups is 1. The fraction of sp³-hybridized carbons (Fsp3) is 0.385. The van der Waals surface area contributed by atoms with E-state index in [9.17, 15) is 4.79 Å². The van der Waals surface area contributed by atoms with E-state index in [0.717, 1.165) is 17.6 Å². The van der Waals surface area contributed by atoms with Gasteiger partial charge in [-0.3, -0.25) is 10.1 Å². The summed E-state index contributed by atoms with van der Waals surface area (Å²) in [5.74, 6) is 0.371. The first-order valence-corrected chi connectivity index (χ1v) is 6.04. The molecule has 0 radical (unpaired) electrons. The van der Waals surface area contributed by atoms with E-state index in [1.54, 1.807) is 0 Å². The van der Waals surface area contributed by atoms with Gasteiger partial charge in [0.05, 0.1) is 16.6 Å². The van der Waals surface area contributed by atoms with Crippen LogP contribution >= 0.6 is 0 Å². The van der Waals surface area contributed by atoms with Crippen LogP contribution in [0.15, 0.2) is 24.3 Å². The molecule has 1 aromatic heterocycles. The second-order valence-electron chi connectivity index (χ2n) is 4.71. The highest BCUT2D eigenvalue weighted by Gasteiger charge is 2.26. The molecule has 1 heterocycles.